The van der Waals surface area contributed by atoms with E-state index in [1.165, 1.54) is 23.1 Å². The fourth-order valence-corrected chi connectivity index (χ4v) is 4.82. The van der Waals surface area contributed by atoms with Gasteiger partial charge in [-0.05, 0) is 19.4 Å². The minimum Gasteiger partial charge on any atom is -0.466 e. The average molecular weight is 462 g/mol. The highest BCUT2D eigenvalue weighted by atomic mass is 32.2. The number of thiazole rings is 1. The largest absolute Gasteiger partial charge is 0.466 e. The molecule has 8 nitrogen and oxygen atoms in total. The molecule has 0 aliphatic carbocycles. The van der Waals surface area contributed by atoms with Crippen LogP contribution in [-0.4, -0.2) is 41.9 Å². The van der Waals surface area contributed by atoms with Gasteiger partial charge in [0.15, 0.2) is 4.34 Å². The fraction of sp³-hybridized carbons (Fsp3) is 0.333. The maximum Gasteiger partial charge on any atom is 0.338 e. The summed E-state index contributed by atoms with van der Waals surface area (Å²) >= 11 is 2.77. The number of thioether (sulfide) groups is 1. The van der Waals surface area contributed by atoms with Gasteiger partial charge >= 0.3 is 18.0 Å². The van der Waals surface area contributed by atoms with E-state index in [4.69, 9.17) is 9.47 Å². The number of nitrogens with one attached hydrogen (secondary N) is 2. The van der Waals surface area contributed by atoms with Gasteiger partial charge in [-0.25, -0.2) is 14.6 Å². The number of amides is 2. The van der Waals surface area contributed by atoms with Crippen molar-refractivity contribution in [3.8, 4) is 0 Å². The van der Waals surface area contributed by atoms with Crippen LogP contribution in [0.1, 0.15) is 31.1 Å². The number of carbonyl (C=O) groups excluding carboxylic acids is 3. The molecule has 0 spiro atoms. The van der Waals surface area contributed by atoms with Crippen LogP contribution in [0.15, 0.2) is 51.3 Å². The van der Waals surface area contributed by atoms with E-state index in [9.17, 15) is 14.4 Å². The molecule has 1 aliphatic rings. The first-order valence-corrected chi connectivity index (χ1v) is 11.6. The molecule has 164 valence electrons. The van der Waals surface area contributed by atoms with Crippen LogP contribution in [0.3, 0.4) is 0 Å². The molecule has 0 bridgehead atoms. The quantitative estimate of drug-likeness (QED) is 0.436. The summed E-state index contributed by atoms with van der Waals surface area (Å²) in [5.41, 5.74) is 2.25. The summed E-state index contributed by atoms with van der Waals surface area (Å²) in [5.74, 6) is -0.494. The molecule has 0 radical (unpaired) electrons. The average Bonchev–Trinajstić information content (AvgIpc) is 3.19. The van der Waals surface area contributed by atoms with Gasteiger partial charge in [0, 0.05) is 16.8 Å². The highest BCUT2D eigenvalue weighted by Crippen LogP contribution is 2.31. The molecule has 1 aromatic carbocycles. The monoisotopic (exact) mass is 461 g/mol. The molecule has 10 heteroatoms. The predicted octanol–water partition coefficient (Wildman–Crippen LogP) is 3.21. The van der Waals surface area contributed by atoms with Gasteiger partial charge in [-0.15, -0.1) is 11.3 Å². The summed E-state index contributed by atoms with van der Waals surface area (Å²) in [7, 11) is 0. The number of nitrogens with zero attached hydrogens (tertiary/aromatic N) is 1. The lowest BCUT2D eigenvalue weighted by molar-refractivity contribution is -0.142. The summed E-state index contributed by atoms with van der Waals surface area (Å²) in [4.78, 5) is 41.1. The topological polar surface area (TPSA) is 107 Å². The molecule has 2 amide bonds. The first kappa shape index (κ1) is 22.8. The van der Waals surface area contributed by atoms with Crippen LogP contribution in [-0.2, 0) is 25.5 Å². The lowest BCUT2D eigenvalue weighted by Gasteiger charge is -2.29. The summed E-state index contributed by atoms with van der Waals surface area (Å²) in [6.45, 7) is 4.04. The second kappa shape index (κ2) is 11.0. The number of esters is 2. The lowest BCUT2D eigenvalue weighted by atomic mass is 9.95. The van der Waals surface area contributed by atoms with Gasteiger partial charge in [0.05, 0.1) is 36.9 Å². The molecule has 31 heavy (non-hydrogen) atoms. The molecule has 1 aliphatic heterocycles. The zero-order valence-corrected chi connectivity index (χ0v) is 18.8. The molecule has 0 unspecified atom stereocenters. The maximum absolute atomic E-state index is 12.8. The smallest absolute Gasteiger partial charge is 0.338 e. The van der Waals surface area contributed by atoms with E-state index >= 15 is 0 Å². The second-order valence-corrected chi connectivity index (χ2v) is 8.51. The van der Waals surface area contributed by atoms with Crippen molar-refractivity contribution < 1.29 is 23.9 Å². The van der Waals surface area contributed by atoms with Crippen LogP contribution < -0.4 is 10.6 Å². The van der Waals surface area contributed by atoms with Crippen LogP contribution in [0.4, 0.5) is 4.79 Å². The van der Waals surface area contributed by atoms with Crippen LogP contribution in [0.25, 0.3) is 0 Å². The maximum atomic E-state index is 12.8. The SMILES string of the molecule is CCOC(=O)Cc1csc(SCC2=C(C(=O)OCC)[C@H](c3ccccc3)NC(=O)N2)n1. The van der Waals surface area contributed by atoms with Crippen molar-refractivity contribution >= 4 is 41.1 Å². The Morgan fingerprint density at radius 3 is 2.61 bits per heavy atom. The lowest BCUT2D eigenvalue weighted by Crippen LogP contribution is -2.46. The molecular weight excluding hydrogens is 438 g/mol. The summed E-state index contributed by atoms with van der Waals surface area (Å²) in [5, 5.41) is 7.35. The van der Waals surface area contributed by atoms with E-state index in [2.05, 4.69) is 15.6 Å². The van der Waals surface area contributed by atoms with E-state index in [0.29, 0.717) is 29.3 Å². The number of urea groups is 1. The van der Waals surface area contributed by atoms with E-state index in [1.807, 2.05) is 30.3 Å². The number of aromatic nitrogens is 1. The zero-order valence-electron chi connectivity index (χ0n) is 17.2. The molecule has 0 fully saturated rings. The highest BCUT2D eigenvalue weighted by Gasteiger charge is 2.33. The van der Waals surface area contributed by atoms with Gasteiger partial charge in [-0.3, -0.25) is 4.79 Å². The molecule has 1 atom stereocenters. The van der Waals surface area contributed by atoms with Crippen LogP contribution in [0.5, 0.6) is 0 Å². The molecule has 2 heterocycles. The first-order valence-electron chi connectivity index (χ1n) is 9.77. The molecule has 0 saturated carbocycles. The van der Waals surface area contributed by atoms with Crippen molar-refractivity contribution in [1.82, 2.24) is 15.6 Å². The Bertz CT molecular complexity index is 974. The van der Waals surface area contributed by atoms with Crippen LogP contribution >= 0.6 is 23.1 Å². The third kappa shape index (κ3) is 6.08. The normalized spacial score (nSPS) is 15.8. The number of benzene rings is 1. The molecule has 2 aromatic rings. The van der Waals surface area contributed by atoms with E-state index in [1.54, 1.807) is 19.2 Å². The van der Waals surface area contributed by atoms with Gasteiger partial charge in [-0.1, -0.05) is 42.1 Å². The first-order chi connectivity index (χ1) is 15.0. The number of hydrogen-bond donors (Lipinski definition) is 2. The minimum absolute atomic E-state index is 0.110. The number of ether oxygens (including phenoxy) is 2. The second-order valence-electron chi connectivity index (χ2n) is 6.43. The fourth-order valence-electron chi connectivity index (χ4n) is 3.01. The Morgan fingerprint density at radius 1 is 1.16 bits per heavy atom. The Labute approximate surface area is 188 Å². The number of carbonyl (C=O) groups is 3. The van der Waals surface area contributed by atoms with Crippen molar-refractivity contribution in [2.24, 2.45) is 0 Å². The Kier molecular flexibility index (Phi) is 8.07. The third-order valence-corrected chi connectivity index (χ3v) is 6.38. The van der Waals surface area contributed by atoms with Crippen molar-refractivity contribution in [3.63, 3.8) is 0 Å². The minimum atomic E-state index is -0.611. The Hall–Kier alpha value is -2.85. The van der Waals surface area contributed by atoms with Gasteiger partial charge in [0.25, 0.3) is 0 Å². The van der Waals surface area contributed by atoms with E-state index < -0.39 is 12.0 Å². The molecule has 3 rings (SSSR count). The standard InChI is InChI=1S/C21H23N3O5S2/c1-3-28-16(25)10-14-11-30-21(22-14)31-12-15-17(19(26)29-4-2)18(24-20(27)23-15)13-8-6-5-7-9-13/h5-9,11,18H,3-4,10,12H2,1-2H3,(H2,23,24,27)/t18-/m0/s1. The van der Waals surface area contributed by atoms with E-state index in [-0.39, 0.29) is 25.0 Å². The third-order valence-electron chi connectivity index (χ3n) is 4.28. The number of rotatable bonds is 9. The van der Waals surface area contributed by atoms with Crippen molar-refractivity contribution in [2.75, 3.05) is 19.0 Å². The van der Waals surface area contributed by atoms with Gasteiger partial charge in [0.1, 0.15) is 0 Å². The zero-order chi connectivity index (χ0) is 22.2. The predicted molar refractivity (Wildman–Crippen MR) is 118 cm³/mol. The van der Waals surface area contributed by atoms with Crippen molar-refractivity contribution in [1.29, 1.82) is 0 Å². The van der Waals surface area contributed by atoms with Crippen molar-refractivity contribution in [2.45, 2.75) is 30.6 Å². The molecule has 2 N–H and O–H groups in total. The summed E-state index contributed by atoms with van der Waals surface area (Å²) in [6, 6.07) is 8.27. The summed E-state index contributed by atoms with van der Waals surface area (Å²) in [6.07, 6.45) is 0.110. The van der Waals surface area contributed by atoms with Crippen molar-refractivity contribution in [3.05, 3.63) is 58.2 Å². The van der Waals surface area contributed by atoms with Crippen LogP contribution in [0.2, 0.25) is 0 Å². The van der Waals surface area contributed by atoms with Crippen LogP contribution in [0, 0.1) is 0 Å². The van der Waals surface area contributed by atoms with Gasteiger partial charge < -0.3 is 20.1 Å². The van der Waals surface area contributed by atoms with E-state index in [0.717, 1.165) is 9.90 Å². The van der Waals surface area contributed by atoms with Gasteiger partial charge in [0.2, 0.25) is 0 Å². The van der Waals surface area contributed by atoms with Gasteiger partial charge in [-0.2, -0.15) is 0 Å². The highest BCUT2D eigenvalue weighted by molar-refractivity contribution is 8.01. The molecule has 0 saturated heterocycles. The molecular formula is C21H23N3O5S2. The summed E-state index contributed by atoms with van der Waals surface area (Å²) < 4.78 is 10.9. The molecule has 1 aromatic heterocycles. The number of hydrogen-bond acceptors (Lipinski definition) is 8. The Morgan fingerprint density at radius 2 is 1.90 bits per heavy atom. The Balaban J connectivity index is 1.81.